The summed E-state index contributed by atoms with van der Waals surface area (Å²) in [6.45, 7) is 0.563. The minimum Gasteiger partial charge on any atom is -0.493 e. The molecule has 1 heterocycles. The Balaban J connectivity index is 2.04. The van der Waals surface area contributed by atoms with Crippen molar-refractivity contribution in [3.05, 3.63) is 40.1 Å². The number of rotatable bonds is 6. The van der Waals surface area contributed by atoms with Crippen molar-refractivity contribution in [1.82, 2.24) is 0 Å². The van der Waals surface area contributed by atoms with E-state index in [-0.39, 0.29) is 0 Å². The second-order valence-electron chi connectivity index (χ2n) is 4.03. The average molecular weight is 293 g/mol. The number of benzene rings is 1. The Kier molecular flexibility index (Phi) is 4.47. The zero-order valence-corrected chi connectivity index (χ0v) is 12.0. The predicted octanol–water partition coefficient (Wildman–Crippen LogP) is 3.08. The lowest BCUT2D eigenvalue weighted by Crippen LogP contribution is -1.99. The molecule has 0 bridgehead atoms. The lowest BCUT2D eigenvalue weighted by molar-refractivity contribution is 0.0697. The third kappa shape index (κ3) is 3.21. The molecular weight excluding hydrogens is 278 g/mol. The second-order valence-corrected chi connectivity index (χ2v) is 5.03. The molecule has 0 fully saturated rings. The van der Waals surface area contributed by atoms with Crippen LogP contribution in [0.25, 0.3) is 0 Å². The fourth-order valence-corrected chi connectivity index (χ4v) is 2.52. The number of carbonyl (C=O) groups is 1. The first kappa shape index (κ1) is 14.2. The Hall–Kier alpha value is -2.21. The fraction of sp³-hybridized carbons (Fsp3) is 0.214. The molecule has 0 aliphatic rings. The van der Waals surface area contributed by atoms with E-state index in [0.29, 0.717) is 23.6 Å². The fourth-order valence-electron chi connectivity index (χ4n) is 1.72. The highest BCUT2D eigenvalue weighted by Crippen LogP contribution is 2.30. The van der Waals surface area contributed by atoms with Crippen molar-refractivity contribution in [3.8, 4) is 11.5 Å². The molecule has 0 aliphatic heterocycles. The van der Waals surface area contributed by atoms with E-state index in [4.69, 9.17) is 14.6 Å². The van der Waals surface area contributed by atoms with Crippen LogP contribution in [0.15, 0.2) is 29.6 Å². The van der Waals surface area contributed by atoms with E-state index in [2.05, 4.69) is 5.32 Å². The molecule has 0 aliphatic carbocycles. The Morgan fingerprint density at radius 2 is 2.00 bits per heavy atom. The molecule has 20 heavy (non-hydrogen) atoms. The van der Waals surface area contributed by atoms with Crippen LogP contribution in [0, 0.1) is 0 Å². The van der Waals surface area contributed by atoms with Gasteiger partial charge in [0.25, 0.3) is 0 Å². The van der Waals surface area contributed by atoms with Gasteiger partial charge >= 0.3 is 5.97 Å². The molecule has 2 N–H and O–H groups in total. The number of thiophene rings is 1. The van der Waals surface area contributed by atoms with Crippen LogP contribution in [0.4, 0.5) is 5.69 Å². The molecule has 1 aromatic carbocycles. The summed E-state index contributed by atoms with van der Waals surface area (Å²) < 4.78 is 10.4. The highest BCUT2D eigenvalue weighted by atomic mass is 32.1. The van der Waals surface area contributed by atoms with Crippen molar-refractivity contribution in [2.75, 3.05) is 19.5 Å². The SMILES string of the molecule is COc1ccc(NCc2cc(C(=O)O)cs2)cc1OC. The van der Waals surface area contributed by atoms with E-state index in [9.17, 15) is 4.79 Å². The van der Waals surface area contributed by atoms with E-state index in [1.54, 1.807) is 25.7 Å². The Labute approximate surface area is 120 Å². The van der Waals surface area contributed by atoms with Crippen LogP contribution in [0.3, 0.4) is 0 Å². The van der Waals surface area contributed by atoms with Gasteiger partial charge < -0.3 is 19.9 Å². The Bertz CT molecular complexity index is 609. The number of carboxylic acid groups (broad SMARTS) is 1. The van der Waals surface area contributed by atoms with Crippen molar-refractivity contribution in [2.45, 2.75) is 6.54 Å². The van der Waals surface area contributed by atoms with Crippen LogP contribution in [0.1, 0.15) is 15.2 Å². The molecule has 6 heteroatoms. The number of aromatic carboxylic acids is 1. The lowest BCUT2D eigenvalue weighted by atomic mass is 10.2. The third-order valence-corrected chi connectivity index (χ3v) is 3.69. The van der Waals surface area contributed by atoms with Gasteiger partial charge in [-0.15, -0.1) is 11.3 Å². The van der Waals surface area contributed by atoms with Gasteiger partial charge in [-0.05, 0) is 18.2 Å². The van der Waals surface area contributed by atoms with Gasteiger partial charge in [0.2, 0.25) is 0 Å². The van der Waals surface area contributed by atoms with Crippen LogP contribution in [0.5, 0.6) is 11.5 Å². The number of ether oxygens (including phenoxy) is 2. The zero-order valence-electron chi connectivity index (χ0n) is 11.2. The van der Waals surface area contributed by atoms with E-state index in [0.717, 1.165) is 10.6 Å². The molecule has 1 aromatic heterocycles. The molecule has 0 amide bonds. The molecule has 0 saturated carbocycles. The standard InChI is InChI=1S/C14H15NO4S/c1-18-12-4-3-10(6-13(12)19-2)15-7-11-5-9(8-20-11)14(16)17/h3-6,8,15H,7H2,1-2H3,(H,16,17). The summed E-state index contributed by atoms with van der Waals surface area (Å²) in [7, 11) is 3.17. The maximum absolute atomic E-state index is 10.8. The van der Waals surface area contributed by atoms with Crippen molar-refractivity contribution in [3.63, 3.8) is 0 Å². The summed E-state index contributed by atoms with van der Waals surface area (Å²) in [5.74, 6) is 0.413. The summed E-state index contributed by atoms with van der Waals surface area (Å²) in [5, 5.41) is 13.7. The Morgan fingerprint density at radius 1 is 1.25 bits per heavy atom. The number of carboxylic acids is 1. The molecule has 0 saturated heterocycles. The van der Waals surface area contributed by atoms with Gasteiger partial charge in [0, 0.05) is 28.6 Å². The van der Waals surface area contributed by atoms with Gasteiger partial charge in [0.15, 0.2) is 11.5 Å². The van der Waals surface area contributed by atoms with Gasteiger partial charge in [0.05, 0.1) is 19.8 Å². The highest BCUT2D eigenvalue weighted by Gasteiger charge is 2.07. The van der Waals surface area contributed by atoms with Crippen LogP contribution in [0.2, 0.25) is 0 Å². The first-order valence-electron chi connectivity index (χ1n) is 5.90. The minimum atomic E-state index is -0.904. The van der Waals surface area contributed by atoms with Gasteiger partial charge in [-0.1, -0.05) is 0 Å². The van der Waals surface area contributed by atoms with Gasteiger partial charge in [-0.3, -0.25) is 0 Å². The molecule has 2 aromatic rings. The smallest absolute Gasteiger partial charge is 0.336 e. The number of anilines is 1. The van der Waals surface area contributed by atoms with Crippen molar-refractivity contribution in [1.29, 1.82) is 0 Å². The van der Waals surface area contributed by atoms with Crippen LogP contribution < -0.4 is 14.8 Å². The van der Waals surface area contributed by atoms with Crippen molar-refractivity contribution >= 4 is 23.0 Å². The molecule has 0 spiro atoms. The van der Waals surface area contributed by atoms with Crippen LogP contribution >= 0.6 is 11.3 Å². The van der Waals surface area contributed by atoms with Crippen molar-refractivity contribution < 1.29 is 19.4 Å². The summed E-state index contributed by atoms with van der Waals surface area (Å²) in [4.78, 5) is 11.8. The molecule has 0 unspecified atom stereocenters. The number of hydrogen-bond donors (Lipinski definition) is 2. The van der Waals surface area contributed by atoms with Gasteiger partial charge in [-0.2, -0.15) is 0 Å². The molecule has 2 rings (SSSR count). The summed E-state index contributed by atoms with van der Waals surface area (Å²) in [6, 6.07) is 7.20. The first-order chi connectivity index (χ1) is 9.63. The van der Waals surface area contributed by atoms with E-state index >= 15 is 0 Å². The summed E-state index contributed by atoms with van der Waals surface area (Å²) >= 11 is 1.42. The molecule has 0 radical (unpaired) electrons. The number of nitrogens with one attached hydrogen (secondary N) is 1. The highest BCUT2D eigenvalue weighted by molar-refractivity contribution is 7.10. The van der Waals surface area contributed by atoms with Gasteiger partial charge in [0.1, 0.15) is 0 Å². The Morgan fingerprint density at radius 3 is 2.60 bits per heavy atom. The van der Waals surface area contributed by atoms with Gasteiger partial charge in [-0.25, -0.2) is 4.79 Å². The summed E-state index contributed by atoms with van der Waals surface area (Å²) in [5.41, 5.74) is 1.20. The predicted molar refractivity (Wildman–Crippen MR) is 78.2 cm³/mol. The van der Waals surface area contributed by atoms with Crippen molar-refractivity contribution in [2.24, 2.45) is 0 Å². The second kappa shape index (κ2) is 6.29. The maximum atomic E-state index is 10.8. The monoisotopic (exact) mass is 293 g/mol. The van der Waals surface area contributed by atoms with E-state index in [1.165, 1.54) is 11.3 Å². The minimum absolute atomic E-state index is 0.319. The number of hydrogen-bond acceptors (Lipinski definition) is 5. The quantitative estimate of drug-likeness (QED) is 0.856. The topological polar surface area (TPSA) is 67.8 Å². The average Bonchev–Trinajstić information content (AvgIpc) is 2.94. The lowest BCUT2D eigenvalue weighted by Gasteiger charge is -2.10. The van der Waals surface area contributed by atoms with Crippen LogP contribution in [-0.2, 0) is 6.54 Å². The zero-order chi connectivity index (χ0) is 14.5. The maximum Gasteiger partial charge on any atom is 0.336 e. The number of methoxy groups -OCH3 is 2. The molecular formula is C14H15NO4S. The first-order valence-corrected chi connectivity index (χ1v) is 6.78. The molecule has 0 atom stereocenters. The largest absolute Gasteiger partial charge is 0.493 e. The summed E-state index contributed by atoms with van der Waals surface area (Å²) in [6.07, 6.45) is 0. The third-order valence-electron chi connectivity index (χ3n) is 2.75. The van der Waals surface area contributed by atoms with Crippen LogP contribution in [-0.4, -0.2) is 25.3 Å². The normalized spacial score (nSPS) is 10.1. The van der Waals surface area contributed by atoms with E-state index < -0.39 is 5.97 Å². The van der Waals surface area contributed by atoms with E-state index in [1.807, 2.05) is 18.2 Å². The molecule has 5 nitrogen and oxygen atoms in total. The molecule has 106 valence electrons.